The normalized spacial score (nSPS) is 20.4. The van der Waals surface area contributed by atoms with Crippen LogP contribution in [-0.2, 0) is 11.2 Å². The Morgan fingerprint density at radius 2 is 2.24 bits per heavy atom. The molecule has 1 aliphatic rings. The minimum Gasteiger partial charge on any atom is -0.297 e. The van der Waals surface area contributed by atoms with Gasteiger partial charge in [0.1, 0.15) is 0 Å². The number of aromatic nitrogens is 1. The molecule has 0 bridgehead atoms. The number of hydrogen-bond donors (Lipinski definition) is 0. The predicted octanol–water partition coefficient (Wildman–Crippen LogP) is 2.52. The molecule has 4 heteroatoms. The van der Waals surface area contributed by atoms with E-state index in [2.05, 4.69) is 23.7 Å². The molecule has 94 valence electrons. The third-order valence-corrected chi connectivity index (χ3v) is 4.67. The van der Waals surface area contributed by atoms with Gasteiger partial charge in [-0.15, -0.1) is 11.3 Å². The highest BCUT2D eigenvalue weighted by Gasteiger charge is 2.38. The summed E-state index contributed by atoms with van der Waals surface area (Å²) in [5.74, 6) is 0.317. The fourth-order valence-corrected chi connectivity index (χ4v) is 3.09. The van der Waals surface area contributed by atoms with Crippen LogP contribution in [0.5, 0.6) is 0 Å². The van der Waals surface area contributed by atoms with Gasteiger partial charge in [-0.25, -0.2) is 4.98 Å². The van der Waals surface area contributed by atoms with Crippen LogP contribution in [0.4, 0.5) is 0 Å². The van der Waals surface area contributed by atoms with E-state index in [1.54, 1.807) is 17.5 Å². The number of likely N-dealkylation sites (tertiary alicyclic amines) is 1. The standard InChI is InChI=1S/C13H20N2OS/c1-3-13(2,15-7-4-5-8-15)11(16)10-12-14-6-9-17-12/h6,9H,3-5,7-8,10H2,1-2H3. The van der Waals surface area contributed by atoms with Gasteiger partial charge in [-0.2, -0.15) is 0 Å². The Hall–Kier alpha value is -0.740. The van der Waals surface area contributed by atoms with Crippen molar-refractivity contribution in [2.45, 2.75) is 45.1 Å². The van der Waals surface area contributed by atoms with E-state index in [0.717, 1.165) is 24.5 Å². The summed E-state index contributed by atoms with van der Waals surface area (Å²) in [7, 11) is 0. The summed E-state index contributed by atoms with van der Waals surface area (Å²) in [5, 5.41) is 2.87. The molecule has 1 atom stereocenters. The number of rotatable bonds is 5. The molecule has 3 nitrogen and oxygen atoms in total. The van der Waals surface area contributed by atoms with Gasteiger partial charge in [0.25, 0.3) is 0 Å². The number of hydrogen-bond acceptors (Lipinski definition) is 4. The number of nitrogens with zero attached hydrogens (tertiary/aromatic N) is 2. The highest BCUT2D eigenvalue weighted by Crippen LogP contribution is 2.27. The Balaban J connectivity index is 2.08. The van der Waals surface area contributed by atoms with Crippen LogP contribution in [0.25, 0.3) is 0 Å². The molecule has 1 aromatic rings. The van der Waals surface area contributed by atoms with Crippen LogP contribution in [0.3, 0.4) is 0 Å². The maximum absolute atomic E-state index is 12.5. The molecule has 1 aromatic heterocycles. The number of carbonyl (C=O) groups is 1. The molecule has 0 N–H and O–H groups in total. The summed E-state index contributed by atoms with van der Waals surface area (Å²) >= 11 is 1.57. The molecule has 1 aliphatic heterocycles. The first kappa shape index (κ1) is 12.7. The van der Waals surface area contributed by atoms with Crippen molar-refractivity contribution in [3.63, 3.8) is 0 Å². The quantitative estimate of drug-likeness (QED) is 0.807. The van der Waals surface area contributed by atoms with Crippen LogP contribution in [0.15, 0.2) is 11.6 Å². The van der Waals surface area contributed by atoms with E-state index in [1.807, 2.05) is 5.38 Å². The lowest BCUT2D eigenvalue weighted by atomic mass is 9.89. The molecule has 0 amide bonds. The van der Waals surface area contributed by atoms with Crippen molar-refractivity contribution >= 4 is 17.1 Å². The van der Waals surface area contributed by atoms with Gasteiger partial charge in [0, 0.05) is 11.6 Å². The Morgan fingerprint density at radius 1 is 1.53 bits per heavy atom. The van der Waals surface area contributed by atoms with Crippen LogP contribution >= 0.6 is 11.3 Å². The maximum Gasteiger partial charge on any atom is 0.159 e. The zero-order valence-corrected chi connectivity index (χ0v) is 11.4. The minimum absolute atomic E-state index is 0.290. The molecular formula is C13H20N2OS. The van der Waals surface area contributed by atoms with Crippen molar-refractivity contribution in [3.05, 3.63) is 16.6 Å². The Bertz CT molecular complexity index is 371. The van der Waals surface area contributed by atoms with Gasteiger partial charge in [0.05, 0.1) is 17.0 Å². The van der Waals surface area contributed by atoms with Crippen LogP contribution in [0.2, 0.25) is 0 Å². The summed E-state index contributed by atoms with van der Waals surface area (Å²) in [6, 6.07) is 0. The second-order valence-corrected chi connectivity index (χ2v) is 5.83. The predicted molar refractivity (Wildman–Crippen MR) is 70.3 cm³/mol. The summed E-state index contributed by atoms with van der Waals surface area (Å²) in [4.78, 5) is 19.0. The van der Waals surface area contributed by atoms with E-state index >= 15 is 0 Å². The van der Waals surface area contributed by atoms with Crippen molar-refractivity contribution in [1.29, 1.82) is 0 Å². The molecule has 0 spiro atoms. The van der Waals surface area contributed by atoms with Crippen molar-refractivity contribution in [2.75, 3.05) is 13.1 Å². The molecule has 17 heavy (non-hydrogen) atoms. The maximum atomic E-state index is 12.5. The Kier molecular flexibility index (Phi) is 3.94. The topological polar surface area (TPSA) is 33.2 Å². The van der Waals surface area contributed by atoms with E-state index in [1.165, 1.54) is 12.8 Å². The van der Waals surface area contributed by atoms with Crippen molar-refractivity contribution in [2.24, 2.45) is 0 Å². The van der Waals surface area contributed by atoms with E-state index in [4.69, 9.17) is 0 Å². The van der Waals surface area contributed by atoms with Crippen molar-refractivity contribution in [3.8, 4) is 0 Å². The lowest BCUT2D eigenvalue weighted by Crippen LogP contribution is -2.51. The van der Waals surface area contributed by atoms with E-state index in [-0.39, 0.29) is 5.54 Å². The van der Waals surface area contributed by atoms with Crippen LogP contribution in [-0.4, -0.2) is 34.3 Å². The SMILES string of the molecule is CCC(C)(C(=O)Cc1nccs1)N1CCCC1. The summed E-state index contributed by atoms with van der Waals surface area (Å²) in [6.45, 7) is 6.33. The molecule has 0 radical (unpaired) electrons. The summed E-state index contributed by atoms with van der Waals surface area (Å²) < 4.78 is 0. The van der Waals surface area contributed by atoms with Crippen molar-refractivity contribution in [1.82, 2.24) is 9.88 Å². The Labute approximate surface area is 107 Å². The first-order chi connectivity index (χ1) is 8.16. The molecule has 1 fully saturated rings. The van der Waals surface area contributed by atoms with Gasteiger partial charge >= 0.3 is 0 Å². The van der Waals surface area contributed by atoms with Crippen LogP contribution < -0.4 is 0 Å². The molecule has 1 unspecified atom stereocenters. The zero-order valence-electron chi connectivity index (χ0n) is 10.6. The molecule has 0 aliphatic carbocycles. The largest absolute Gasteiger partial charge is 0.297 e. The lowest BCUT2D eigenvalue weighted by molar-refractivity contribution is -0.129. The number of thiazole rings is 1. The van der Waals surface area contributed by atoms with Crippen LogP contribution in [0.1, 0.15) is 38.1 Å². The lowest BCUT2D eigenvalue weighted by Gasteiger charge is -2.36. The highest BCUT2D eigenvalue weighted by molar-refractivity contribution is 7.09. The molecule has 2 rings (SSSR count). The average molecular weight is 252 g/mol. The van der Waals surface area contributed by atoms with Gasteiger partial charge < -0.3 is 0 Å². The summed E-state index contributed by atoms with van der Waals surface area (Å²) in [6.07, 6.45) is 5.59. The molecule has 2 heterocycles. The van der Waals surface area contributed by atoms with E-state index < -0.39 is 0 Å². The van der Waals surface area contributed by atoms with Gasteiger partial charge in [0.2, 0.25) is 0 Å². The third-order valence-electron chi connectivity index (χ3n) is 3.89. The average Bonchev–Trinajstić information content (AvgIpc) is 3.00. The molecular weight excluding hydrogens is 232 g/mol. The first-order valence-electron chi connectivity index (χ1n) is 6.33. The minimum atomic E-state index is -0.290. The smallest absolute Gasteiger partial charge is 0.159 e. The zero-order chi connectivity index (χ0) is 12.3. The molecule has 1 saturated heterocycles. The fraction of sp³-hybridized carbons (Fsp3) is 0.692. The van der Waals surface area contributed by atoms with Gasteiger partial charge in [-0.1, -0.05) is 6.92 Å². The van der Waals surface area contributed by atoms with Crippen molar-refractivity contribution < 1.29 is 4.79 Å². The van der Waals surface area contributed by atoms with E-state index in [0.29, 0.717) is 12.2 Å². The number of Topliss-reactive ketones (excluding diaryl/α,β-unsaturated/α-hetero) is 1. The second-order valence-electron chi connectivity index (χ2n) is 4.85. The summed E-state index contributed by atoms with van der Waals surface area (Å²) in [5.41, 5.74) is -0.290. The molecule has 0 saturated carbocycles. The number of ketones is 1. The van der Waals surface area contributed by atoms with Gasteiger partial charge in [0.15, 0.2) is 5.78 Å². The van der Waals surface area contributed by atoms with Gasteiger partial charge in [-0.3, -0.25) is 9.69 Å². The Morgan fingerprint density at radius 3 is 2.76 bits per heavy atom. The second kappa shape index (κ2) is 5.27. The number of carbonyl (C=O) groups excluding carboxylic acids is 1. The molecule has 0 aromatic carbocycles. The highest BCUT2D eigenvalue weighted by atomic mass is 32.1. The third kappa shape index (κ3) is 2.58. The van der Waals surface area contributed by atoms with Gasteiger partial charge in [-0.05, 0) is 39.3 Å². The monoisotopic (exact) mass is 252 g/mol. The van der Waals surface area contributed by atoms with Crippen LogP contribution in [0, 0.1) is 0 Å². The fourth-order valence-electron chi connectivity index (χ4n) is 2.48. The van der Waals surface area contributed by atoms with E-state index in [9.17, 15) is 4.79 Å². The first-order valence-corrected chi connectivity index (χ1v) is 7.21.